The highest BCUT2D eigenvalue weighted by atomic mass is 32.2. The number of benzene rings is 1. The van der Waals surface area contributed by atoms with Gasteiger partial charge >= 0.3 is 11.4 Å². The topological polar surface area (TPSA) is 242 Å². The van der Waals surface area contributed by atoms with Crippen LogP contribution in [-0.2, 0) is 32.0 Å². The van der Waals surface area contributed by atoms with E-state index in [1.54, 1.807) is 140 Å². The first-order valence-corrected chi connectivity index (χ1v) is 27.2. The van der Waals surface area contributed by atoms with Gasteiger partial charge in [0.1, 0.15) is 61.9 Å². The number of thioether (sulfide) groups is 8. The molecule has 0 amide bonds. The van der Waals surface area contributed by atoms with Gasteiger partial charge < -0.3 is 18.9 Å². The minimum Gasteiger partial charge on any atom is -0.480 e. The van der Waals surface area contributed by atoms with Crippen LogP contribution in [0.5, 0.6) is 0 Å². The fraction of sp³-hybridized carbons (Fsp3) is 0.273. The van der Waals surface area contributed by atoms with Crippen LogP contribution in [0.15, 0.2) is 104 Å². The van der Waals surface area contributed by atoms with Crippen LogP contribution in [0.1, 0.15) is 50.7 Å². The Balaban J connectivity index is 0.000000156. The lowest BCUT2D eigenvalue weighted by Gasteiger charge is -2.13. The largest absolute Gasteiger partial charge is 0.480 e. The molecule has 0 bridgehead atoms. The highest BCUT2D eigenvalue weighted by Gasteiger charge is 2.33. The van der Waals surface area contributed by atoms with E-state index >= 15 is 0 Å². The second kappa shape index (κ2) is 24.3. The lowest BCUT2D eigenvalue weighted by atomic mass is 10.1. The van der Waals surface area contributed by atoms with Crippen molar-refractivity contribution in [1.82, 2.24) is 19.1 Å². The average Bonchev–Trinajstić information content (AvgIpc) is 4.19. The summed E-state index contributed by atoms with van der Waals surface area (Å²) >= 11 is 12.5. The molecule has 0 fully saturated rings. The number of aryl methyl sites for hydroxylation is 2. The monoisotopic (exact) mass is 1060 g/mol. The molecule has 0 spiro atoms. The summed E-state index contributed by atoms with van der Waals surface area (Å²) in [6.45, 7) is 7.66. The summed E-state index contributed by atoms with van der Waals surface area (Å²) in [4.78, 5) is 55.1. The Bertz CT molecular complexity index is 2970. The third-order valence-electron chi connectivity index (χ3n) is 9.43. The molecular weight excluding hydrogens is 1030 g/mol. The highest BCUT2D eigenvalue weighted by molar-refractivity contribution is 8.36. The SMILES string of the molecule is CCCCn1cc(C2=CSC(=C3SC4=C(OCCO4)S3)S2)c(=O)[nH]c1=O.CCCCn1cc(C2=CSC(=C3SC4=C(OCCO4)S3)S2)c(=O)[nH]c1=O.N#CC(C#N)=c1ccc(=C(C#N)C#N)cc1. The van der Waals surface area contributed by atoms with Crippen LogP contribution in [0.3, 0.4) is 0 Å². The molecule has 24 heteroatoms. The van der Waals surface area contributed by atoms with Gasteiger partial charge in [0.15, 0.2) is 0 Å². The number of hydrogen-bond donors (Lipinski definition) is 2. The molecule has 16 nitrogen and oxygen atoms in total. The zero-order valence-electron chi connectivity index (χ0n) is 35.9. The number of rotatable bonds is 8. The zero-order chi connectivity index (χ0) is 48.2. The second-order valence-electron chi connectivity index (χ2n) is 14.0. The Morgan fingerprint density at radius 3 is 1.19 bits per heavy atom. The van der Waals surface area contributed by atoms with E-state index in [-0.39, 0.29) is 33.6 Å². The number of H-pyrrole nitrogens is 2. The lowest BCUT2D eigenvalue weighted by Crippen LogP contribution is -2.31. The van der Waals surface area contributed by atoms with Gasteiger partial charge in [-0.15, -0.1) is 0 Å². The number of nitriles is 4. The molecule has 2 N–H and O–H groups in total. The van der Waals surface area contributed by atoms with Crippen molar-refractivity contribution < 1.29 is 18.9 Å². The molecule has 0 aliphatic carbocycles. The van der Waals surface area contributed by atoms with Gasteiger partial charge in [-0.2, -0.15) is 21.0 Å². The molecule has 0 saturated heterocycles. The smallest absolute Gasteiger partial charge is 0.328 e. The molecule has 9 rings (SSSR count). The van der Waals surface area contributed by atoms with Crippen molar-refractivity contribution >= 4 is 115 Å². The third kappa shape index (κ3) is 12.3. The van der Waals surface area contributed by atoms with Gasteiger partial charge in [0.25, 0.3) is 11.1 Å². The number of nitrogens with zero attached hydrogens (tertiary/aromatic N) is 6. The van der Waals surface area contributed by atoms with E-state index in [4.69, 9.17) is 40.0 Å². The molecule has 3 aromatic rings. The Morgan fingerprint density at radius 1 is 0.544 bits per heavy atom. The van der Waals surface area contributed by atoms with E-state index in [2.05, 4.69) is 23.8 Å². The first kappa shape index (κ1) is 50.6. The van der Waals surface area contributed by atoms with E-state index in [0.717, 1.165) is 72.8 Å². The number of hydrogen-bond acceptors (Lipinski definition) is 20. The van der Waals surface area contributed by atoms with Gasteiger partial charge in [-0.1, -0.05) is 98.0 Å². The molecule has 6 aliphatic rings. The van der Waals surface area contributed by atoms with Gasteiger partial charge in [0.05, 0.1) is 28.1 Å². The predicted octanol–water partition coefficient (Wildman–Crippen LogP) is 7.87. The van der Waals surface area contributed by atoms with E-state index < -0.39 is 0 Å². The molecule has 1 aromatic carbocycles. The summed E-state index contributed by atoms with van der Waals surface area (Å²) in [7, 11) is 0. The zero-order valence-corrected chi connectivity index (χ0v) is 42.4. The Morgan fingerprint density at radius 2 is 0.882 bits per heavy atom. The van der Waals surface area contributed by atoms with Crippen LogP contribution in [0.2, 0.25) is 0 Å². The van der Waals surface area contributed by atoms with Crippen molar-refractivity contribution in [1.29, 1.82) is 21.0 Å². The van der Waals surface area contributed by atoms with Gasteiger partial charge in [-0.25, -0.2) is 9.59 Å². The standard InChI is InChI=1S/2C16H16N2O4S4.C12H4N4/c2*1-2-3-4-18-7-9(11(19)17-16(18)20)10-8-23-14(24-10)15-25-12-13(26-15)22-6-5-21-12;13-5-11(6-14)9-1-2-10(4-3-9)12(7-15)8-16/h2*7-8H,2-6H2,1H3,(H,17,19,20);1-4H. The van der Waals surface area contributed by atoms with Crippen LogP contribution in [0, 0.1) is 45.3 Å². The minimum atomic E-state index is -0.352. The van der Waals surface area contributed by atoms with Gasteiger partial charge in [0, 0.05) is 45.7 Å². The Hall–Kier alpha value is -5.28. The van der Waals surface area contributed by atoms with Crippen molar-refractivity contribution in [2.45, 2.75) is 52.6 Å². The summed E-state index contributed by atoms with van der Waals surface area (Å²) in [6.07, 6.45) is 7.11. The van der Waals surface area contributed by atoms with E-state index in [9.17, 15) is 19.2 Å². The molecule has 0 unspecified atom stereocenters. The van der Waals surface area contributed by atoms with Gasteiger partial charge in [-0.3, -0.25) is 28.7 Å². The fourth-order valence-electron chi connectivity index (χ4n) is 6.00. The molecule has 2 aromatic heterocycles. The Kier molecular flexibility index (Phi) is 18.1. The van der Waals surface area contributed by atoms with Gasteiger partial charge in [0.2, 0.25) is 20.4 Å². The highest BCUT2D eigenvalue weighted by Crippen LogP contribution is 2.61. The summed E-state index contributed by atoms with van der Waals surface area (Å²) in [5, 5.41) is 42.7. The van der Waals surface area contributed by atoms with Crippen molar-refractivity contribution in [3.05, 3.63) is 148 Å². The maximum absolute atomic E-state index is 12.3. The average molecular weight is 1060 g/mol. The summed E-state index contributed by atoms with van der Waals surface area (Å²) in [6, 6.07) is 13.2. The molecule has 6 aliphatic heterocycles. The maximum atomic E-state index is 12.3. The molecular formula is C44H36N8O8S8. The van der Waals surface area contributed by atoms with Crippen molar-refractivity contribution in [3.8, 4) is 24.3 Å². The summed E-state index contributed by atoms with van der Waals surface area (Å²) in [5.74, 6) is 0. The number of aromatic amines is 2. The molecule has 0 saturated carbocycles. The number of nitrogens with one attached hydrogen (secondary N) is 2. The Labute approximate surface area is 422 Å². The summed E-state index contributed by atoms with van der Waals surface area (Å²) in [5.41, 5.74) is -0.318. The number of unbranched alkanes of at least 4 members (excludes halogenated alkanes) is 2. The molecule has 8 heterocycles. The van der Waals surface area contributed by atoms with E-state index in [1.807, 2.05) is 10.8 Å². The van der Waals surface area contributed by atoms with E-state index in [0.29, 0.717) is 61.1 Å². The quantitative estimate of drug-likeness (QED) is 0.218. The van der Waals surface area contributed by atoms with Crippen molar-refractivity contribution in [2.24, 2.45) is 0 Å². The van der Waals surface area contributed by atoms with E-state index in [1.165, 1.54) is 24.3 Å². The van der Waals surface area contributed by atoms with Crippen LogP contribution in [0.25, 0.3) is 21.0 Å². The van der Waals surface area contributed by atoms with Crippen LogP contribution in [-0.4, -0.2) is 45.5 Å². The maximum Gasteiger partial charge on any atom is 0.328 e. The van der Waals surface area contributed by atoms with Crippen LogP contribution < -0.4 is 32.9 Å². The first-order valence-electron chi connectivity index (χ1n) is 20.5. The van der Waals surface area contributed by atoms with Gasteiger partial charge in [-0.05, 0) is 70.7 Å². The normalized spacial score (nSPS) is 16.6. The first-order chi connectivity index (χ1) is 33.1. The molecule has 0 atom stereocenters. The molecule has 348 valence electrons. The van der Waals surface area contributed by atoms with Crippen molar-refractivity contribution in [2.75, 3.05) is 26.4 Å². The third-order valence-corrected chi connectivity index (χ3v) is 20.0. The molecule has 0 radical (unpaired) electrons. The fourth-order valence-corrected chi connectivity index (χ4v) is 15.8. The number of aromatic nitrogens is 4. The van der Waals surface area contributed by atoms with Crippen LogP contribution in [0.4, 0.5) is 0 Å². The van der Waals surface area contributed by atoms with Crippen molar-refractivity contribution in [3.63, 3.8) is 0 Å². The predicted molar refractivity (Wildman–Crippen MR) is 276 cm³/mol. The number of ether oxygens (including phenoxy) is 4. The lowest BCUT2D eigenvalue weighted by molar-refractivity contribution is 0.0949. The second-order valence-corrected chi connectivity index (χ2v) is 22.8. The molecule has 68 heavy (non-hydrogen) atoms. The van der Waals surface area contributed by atoms with Crippen LogP contribution >= 0.6 is 94.1 Å². The minimum absolute atomic E-state index is 0.00187. The summed E-state index contributed by atoms with van der Waals surface area (Å²) < 4.78 is 30.1.